The molecule has 0 saturated heterocycles. The van der Waals surface area contributed by atoms with E-state index in [1.54, 1.807) is 12.6 Å². The predicted molar refractivity (Wildman–Crippen MR) is 104 cm³/mol. The summed E-state index contributed by atoms with van der Waals surface area (Å²) < 4.78 is 0. The molecule has 0 fully saturated rings. The quantitative estimate of drug-likeness (QED) is 0.391. The molecule has 1 aromatic carbocycles. The van der Waals surface area contributed by atoms with E-state index in [-0.39, 0.29) is 5.91 Å². The fourth-order valence-corrected chi connectivity index (χ4v) is 3.14. The molecule has 25 heavy (non-hydrogen) atoms. The highest BCUT2D eigenvalue weighted by atomic mass is 35.5. The van der Waals surface area contributed by atoms with Gasteiger partial charge in [-0.25, -0.2) is 4.98 Å². The monoisotopic (exact) mass is 379 g/mol. The summed E-state index contributed by atoms with van der Waals surface area (Å²) >= 11 is 7.49. The molecule has 0 radical (unpaired) electrons. The highest BCUT2D eigenvalue weighted by Gasteiger charge is 2.10. The van der Waals surface area contributed by atoms with Crippen LogP contribution in [0, 0.1) is 6.92 Å². The molecule has 1 heterocycles. The van der Waals surface area contributed by atoms with Gasteiger partial charge in [-0.2, -0.15) is 0 Å². The lowest BCUT2D eigenvalue weighted by Gasteiger charge is -2.12. The van der Waals surface area contributed by atoms with Crippen LogP contribution < -0.4 is 16.0 Å². The zero-order chi connectivity index (χ0) is 18.1. The van der Waals surface area contributed by atoms with E-state index in [9.17, 15) is 4.79 Å². The van der Waals surface area contributed by atoms with Crippen molar-refractivity contribution in [1.29, 1.82) is 0 Å². The van der Waals surface area contributed by atoms with Crippen molar-refractivity contribution in [1.82, 2.24) is 20.9 Å². The molecule has 0 unspecified atom stereocenters. The topological polar surface area (TPSA) is 78.4 Å². The van der Waals surface area contributed by atoms with Gasteiger partial charge in [-0.3, -0.25) is 9.79 Å². The van der Waals surface area contributed by atoms with Crippen LogP contribution in [-0.2, 0) is 6.42 Å². The van der Waals surface area contributed by atoms with Gasteiger partial charge in [0.25, 0.3) is 5.91 Å². The summed E-state index contributed by atoms with van der Waals surface area (Å²) in [5.74, 6) is 0.596. The number of carbonyl (C=O) groups is 1. The molecule has 3 N–H and O–H groups in total. The molecule has 1 amide bonds. The molecule has 8 heteroatoms. The fraction of sp³-hybridized carbons (Fsp3) is 0.353. The van der Waals surface area contributed by atoms with Crippen molar-refractivity contribution in [3.05, 3.63) is 50.9 Å². The van der Waals surface area contributed by atoms with Crippen LogP contribution in [0.2, 0.25) is 5.02 Å². The first-order valence-corrected chi connectivity index (χ1v) is 9.23. The van der Waals surface area contributed by atoms with Gasteiger partial charge < -0.3 is 16.0 Å². The molecule has 6 nitrogen and oxygen atoms in total. The third kappa shape index (κ3) is 6.03. The number of benzene rings is 1. The molecule has 0 aliphatic heterocycles. The molecular weight excluding hydrogens is 358 g/mol. The number of hydrogen-bond acceptors (Lipinski definition) is 4. The van der Waals surface area contributed by atoms with Crippen LogP contribution >= 0.6 is 22.9 Å². The summed E-state index contributed by atoms with van der Waals surface area (Å²) in [6.45, 7) is 3.63. The van der Waals surface area contributed by atoms with Gasteiger partial charge in [0.15, 0.2) is 5.96 Å². The zero-order valence-electron chi connectivity index (χ0n) is 14.3. The normalized spacial score (nSPS) is 11.2. The van der Waals surface area contributed by atoms with Crippen LogP contribution in [0.4, 0.5) is 0 Å². The Balaban J connectivity index is 1.66. The van der Waals surface area contributed by atoms with Crippen molar-refractivity contribution in [2.24, 2.45) is 4.99 Å². The number of guanidine groups is 1. The van der Waals surface area contributed by atoms with Gasteiger partial charge in [0.2, 0.25) is 0 Å². The second-order valence-corrected chi connectivity index (χ2v) is 6.55. The van der Waals surface area contributed by atoms with Gasteiger partial charge in [0, 0.05) is 31.7 Å². The number of rotatable bonds is 7. The smallest absolute Gasteiger partial charge is 0.263 e. The lowest BCUT2D eigenvalue weighted by atomic mass is 10.1. The molecule has 0 atom stereocenters. The number of nitrogens with one attached hydrogen (secondary N) is 3. The lowest BCUT2D eigenvalue weighted by Crippen LogP contribution is -2.42. The number of halogens is 1. The maximum Gasteiger partial charge on any atom is 0.263 e. The number of thiazole rings is 1. The molecule has 0 spiro atoms. The number of carbonyl (C=O) groups excluding carboxylic acids is 1. The van der Waals surface area contributed by atoms with Crippen molar-refractivity contribution in [2.75, 3.05) is 26.7 Å². The van der Waals surface area contributed by atoms with Crippen molar-refractivity contribution in [2.45, 2.75) is 13.3 Å². The molecule has 1 aromatic heterocycles. The van der Waals surface area contributed by atoms with E-state index in [2.05, 4.69) is 25.9 Å². The number of aryl methyl sites for hydroxylation is 1. The van der Waals surface area contributed by atoms with Gasteiger partial charge >= 0.3 is 0 Å². The SMILES string of the molecule is CN=C(NCCNC(=O)c1scnc1C)NCCc1ccccc1Cl. The van der Waals surface area contributed by atoms with Gasteiger partial charge in [-0.1, -0.05) is 29.8 Å². The maximum absolute atomic E-state index is 12.0. The minimum Gasteiger partial charge on any atom is -0.356 e. The molecule has 134 valence electrons. The van der Waals surface area contributed by atoms with E-state index < -0.39 is 0 Å². The third-order valence-corrected chi connectivity index (χ3v) is 4.82. The zero-order valence-corrected chi connectivity index (χ0v) is 15.9. The first-order chi connectivity index (χ1) is 12.1. The van der Waals surface area contributed by atoms with Gasteiger partial charge in [-0.05, 0) is 25.0 Å². The van der Waals surface area contributed by atoms with E-state index in [4.69, 9.17) is 11.6 Å². The summed E-state index contributed by atoms with van der Waals surface area (Å²) in [5.41, 5.74) is 3.53. The van der Waals surface area contributed by atoms with E-state index >= 15 is 0 Å². The minimum atomic E-state index is -0.0940. The lowest BCUT2D eigenvalue weighted by molar-refractivity contribution is 0.0957. The Kier molecular flexibility index (Phi) is 7.69. The Bertz CT molecular complexity index is 731. The predicted octanol–water partition coefficient (Wildman–Crippen LogP) is 2.24. The summed E-state index contributed by atoms with van der Waals surface area (Å²) in [7, 11) is 1.71. The van der Waals surface area contributed by atoms with E-state index in [0.29, 0.717) is 23.9 Å². The second kappa shape index (κ2) is 10.0. The summed E-state index contributed by atoms with van der Waals surface area (Å²) in [6, 6.07) is 7.79. The Labute approximate surface area is 156 Å². The average molecular weight is 380 g/mol. The molecule has 2 rings (SSSR count). The summed E-state index contributed by atoms with van der Waals surface area (Å²) in [5, 5.41) is 10.0. The standard InChI is InChI=1S/C17H22ClN5OS/c1-12-15(25-11-23-12)16(24)20-9-10-22-17(19-2)21-8-7-13-5-3-4-6-14(13)18/h3-6,11H,7-10H2,1-2H3,(H,20,24)(H2,19,21,22). The van der Waals surface area contributed by atoms with Crippen LogP contribution in [0.5, 0.6) is 0 Å². The highest BCUT2D eigenvalue weighted by molar-refractivity contribution is 7.11. The number of amides is 1. The van der Waals surface area contributed by atoms with Crippen LogP contribution in [0.1, 0.15) is 20.9 Å². The van der Waals surface area contributed by atoms with Crippen LogP contribution in [-0.4, -0.2) is 43.5 Å². The van der Waals surface area contributed by atoms with Crippen LogP contribution in [0.15, 0.2) is 34.8 Å². The number of aromatic nitrogens is 1. The Morgan fingerprint density at radius 1 is 1.20 bits per heavy atom. The number of hydrogen-bond donors (Lipinski definition) is 3. The van der Waals surface area contributed by atoms with Crippen molar-refractivity contribution < 1.29 is 4.79 Å². The first-order valence-electron chi connectivity index (χ1n) is 7.98. The van der Waals surface area contributed by atoms with E-state index in [1.807, 2.05) is 31.2 Å². The van der Waals surface area contributed by atoms with Crippen molar-refractivity contribution in [3.8, 4) is 0 Å². The van der Waals surface area contributed by atoms with Gasteiger partial charge in [-0.15, -0.1) is 11.3 Å². The van der Waals surface area contributed by atoms with Gasteiger partial charge in [0.1, 0.15) is 4.88 Å². The van der Waals surface area contributed by atoms with E-state index in [1.165, 1.54) is 11.3 Å². The number of aliphatic imine (C=N–C) groups is 1. The summed E-state index contributed by atoms with van der Waals surface area (Å²) in [6.07, 6.45) is 0.807. The molecule has 2 aromatic rings. The average Bonchev–Trinajstić information content (AvgIpc) is 3.04. The Morgan fingerprint density at radius 3 is 2.60 bits per heavy atom. The first kappa shape index (κ1) is 19.2. The molecule has 0 saturated carbocycles. The largest absolute Gasteiger partial charge is 0.356 e. The van der Waals surface area contributed by atoms with Crippen molar-refractivity contribution >= 4 is 34.8 Å². The number of nitrogens with zero attached hydrogens (tertiary/aromatic N) is 2. The molecule has 0 aliphatic carbocycles. The van der Waals surface area contributed by atoms with E-state index in [0.717, 1.165) is 29.2 Å². The molecular formula is C17H22ClN5OS. The van der Waals surface area contributed by atoms with Gasteiger partial charge in [0.05, 0.1) is 11.2 Å². The third-order valence-electron chi connectivity index (χ3n) is 3.52. The summed E-state index contributed by atoms with van der Waals surface area (Å²) in [4.78, 5) is 20.9. The minimum absolute atomic E-state index is 0.0940. The van der Waals surface area contributed by atoms with Crippen molar-refractivity contribution in [3.63, 3.8) is 0 Å². The Morgan fingerprint density at radius 2 is 1.92 bits per heavy atom. The highest BCUT2D eigenvalue weighted by Crippen LogP contribution is 2.14. The fourth-order valence-electron chi connectivity index (χ4n) is 2.19. The second-order valence-electron chi connectivity index (χ2n) is 5.29. The molecule has 0 bridgehead atoms. The maximum atomic E-state index is 12.0. The van der Waals surface area contributed by atoms with Crippen LogP contribution in [0.25, 0.3) is 0 Å². The Hall–Kier alpha value is -2.12. The van der Waals surface area contributed by atoms with Crippen LogP contribution in [0.3, 0.4) is 0 Å². The molecule has 0 aliphatic rings.